The second-order valence-corrected chi connectivity index (χ2v) is 6.21. The van der Waals surface area contributed by atoms with Crippen molar-refractivity contribution in [3.05, 3.63) is 59.7 Å². The number of amides is 2. The maximum Gasteiger partial charge on any atom is 0.268 e. The maximum absolute atomic E-state index is 13.1. The van der Waals surface area contributed by atoms with Gasteiger partial charge in [-0.25, -0.2) is 14.3 Å². The number of hydrogen-bond acceptors (Lipinski definition) is 4. The Labute approximate surface area is 167 Å². The molecular formula is C21H21F2N3O3. The fourth-order valence-electron chi connectivity index (χ4n) is 2.07. The highest BCUT2D eigenvalue weighted by molar-refractivity contribution is 5.98. The van der Waals surface area contributed by atoms with Gasteiger partial charge in [0, 0.05) is 11.1 Å². The second-order valence-electron chi connectivity index (χ2n) is 6.21. The molecule has 5 N–H and O–H groups in total. The van der Waals surface area contributed by atoms with Gasteiger partial charge in [-0.2, -0.15) is 0 Å². The number of hydroxylamine groups is 1. The molecule has 0 aliphatic heterocycles. The fourth-order valence-corrected chi connectivity index (χ4v) is 2.07. The van der Waals surface area contributed by atoms with E-state index in [-0.39, 0.29) is 5.56 Å². The lowest BCUT2D eigenvalue weighted by Gasteiger charge is -2.32. The number of carbonyl (C=O) groups excluding carboxylic acids is 2. The van der Waals surface area contributed by atoms with Crippen molar-refractivity contribution in [1.82, 2.24) is 10.8 Å². The molecule has 1 aromatic rings. The van der Waals surface area contributed by atoms with Crippen LogP contribution in [-0.4, -0.2) is 35.0 Å². The smallest absolute Gasteiger partial charge is 0.268 e. The average Bonchev–Trinajstić information content (AvgIpc) is 2.69. The van der Waals surface area contributed by atoms with Crippen LogP contribution in [0.3, 0.4) is 0 Å². The van der Waals surface area contributed by atoms with Gasteiger partial charge in [0.2, 0.25) is 0 Å². The molecule has 152 valence electrons. The molecule has 1 unspecified atom stereocenters. The molecule has 0 aliphatic rings. The number of benzene rings is 1. The van der Waals surface area contributed by atoms with E-state index in [9.17, 15) is 18.4 Å². The SMILES string of the molecule is C=C/C=C(\C)C#CC#Cc1ccc(C(=O)N[C@H](C(=O)NO)C(C)(N)C(F)F)cc1. The number of hydrogen-bond donors (Lipinski definition) is 4. The highest BCUT2D eigenvalue weighted by Crippen LogP contribution is 2.18. The first-order chi connectivity index (χ1) is 13.6. The summed E-state index contributed by atoms with van der Waals surface area (Å²) in [5, 5.41) is 10.9. The largest absolute Gasteiger partial charge is 0.338 e. The maximum atomic E-state index is 13.1. The van der Waals surface area contributed by atoms with Gasteiger partial charge in [-0.3, -0.25) is 14.8 Å². The number of carbonyl (C=O) groups is 2. The first-order valence-electron chi connectivity index (χ1n) is 8.36. The standard InChI is InChI=1S/C21H21F2N3O3/c1-4-7-14(2)8-5-6-9-15-10-12-16(13-11-15)18(27)25-17(19(28)26-29)21(3,24)20(22)23/h4,7,10-13,17,20,29H,1,24H2,2-3H3,(H,25,27)(H,26,28)/b14-7+/t17-,21?/m1/s1. The summed E-state index contributed by atoms with van der Waals surface area (Å²) in [7, 11) is 0. The van der Waals surface area contributed by atoms with Crippen LogP contribution >= 0.6 is 0 Å². The highest BCUT2D eigenvalue weighted by Gasteiger charge is 2.44. The van der Waals surface area contributed by atoms with Crippen molar-refractivity contribution in [3.63, 3.8) is 0 Å². The minimum atomic E-state index is -3.13. The van der Waals surface area contributed by atoms with Crippen LogP contribution in [-0.2, 0) is 4.79 Å². The van der Waals surface area contributed by atoms with E-state index in [1.807, 2.05) is 6.92 Å². The quantitative estimate of drug-likeness (QED) is 0.252. The van der Waals surface area contributed by atoms with E-state index in [4.69, 9.17) is 10.9 Å². The molecule has 0 aromatic heterocycles. The Morgan fingerprint density at radius 3 is 2.41 bits per heavy atom. The van der Waals surface area contributed by atoms with Crippen LogP contribution in [0.4, 0.5) is 8.78 Å². The molecule has 1 rings (SSSR count). The summed E-state index contributed by atoms with van der Waals surface area (Å²) >= 11 is 0. The molecule has 8 heteroatoms. The first kappa shape index (κ1) is 23.6. The molecule has 0 heterocycles. The van der Waals surface area contributed by atoms with Gasteiger partial charge < -0.3 is 11.1 Å². The van der Waals surface area contributed by atoms with Gasteiger partial charge in [0.05, 0.1) is 0 Å². The van der Waals surface area contributed by atoms with Gasteiger partial charge >= 0.3 is 0 Å². The van der Waals surface area contributed by atoms with Crippen LogP contribution in [0.5, 0.6) is 0 Å². The Balaban J connectivity index is 2.95. The third-order valence-electron chi connectivity index (χ3n) is 3.78. The van der Waals surface area contributed by atoms with E-state index in [0.29, 0.717) is 5.56 Å². The van der Waals surface area contributed by atoms with E-state index < -0.39 is 29.8 Å². The van der Waals surface area contributed by atoms with Crippen molar-refractivity contribution in [2.45, 2.75) is 31.9 Å². The van der Waals surface area contributed by atoms with Crippen molar-refractivity contribution < 1.29 is 23.6 Å². The van der Waals surface area contributed by atoms with Crippen molar-refractivity contribution in [1.29, 1.82) is 0 Å². The monoisotopic (exact) mass is 401 g/mol. The molecule has 0 radical (unpaired) electrons. The predicted octanol–water partition coefficient (Wildman–Crippen LogP) is 1.76. The Bertz CT molecular complexity index is 914. The molecule has 1 aromatic carbocycles. The lowest BCUT2D eigenvalue weighted by Crippen LogP contribution is -2.66. The Morgan fingerprint density at radius 2 is 1.90 bits per heavy atom. The lowest BCUT2D eigenvalue weighted by atomic mass is 9.92. The number of halogens is 2. The second kappa shape index (κ2) is 10.8. The van der Waals surface area contributed by atoms with Crippen LogP contribution in [0.1, 0.15) is 29.8 Å². The molecule has 0 spiro atoms. The van der Waals surface area contributed by atoms with Crippen molar-refractivity contribution in [2.75, 3.05) is 0 Å². The molecule has 0 aliphatic carbocycles. The van der Waals surface area contributed by atoms with Crippen LogP contribution in [0.2, 0.25) is 0 Å². The van der Waals surface area contributed by atoms with Crippen molar-refractivity contribution in [3.8, 4) is 23.7 Å². The van der Waals surface area contributed by atoms with Crippen molar-refractivity contribution in [2.24, 2.45) is 5.73 Å². The minimum Gasteiger partial charge on any atom is -0.338 e. The van der Waals surface area contributed by atoms with E-state index in [0.717, 1.165) is 12.5 Å². The van der Waals surface area contributed by atoms with Crippen LogP contribution in [0, 0.1) is 23.7 Å². The topological polar surface area (TPSA) is 104 Å². The van der Waals surface area contributed by atoms with E-state index in [1.54, 1.807) is 12.2 Å². The predicted molar refractivity (Wildman–Crippen MR) is 105 cm³/mol. The average molecular weight is 401 g/mol. The molecule has 29 heavy (non-hydrogen) atoms. The zero-order chi connectivity index (χ0) is 22.0. The van der Waals surface area contributed by atoms with Gasteiger partial charge in [0.1, 0.15) is 11.6 Å². The van der Waals surface area contributed by atoms with E-state index in [1.165, 1.54) is 29.7 Å². The van der Waals surface area contributed by atoms with E-state index >= 15 is 0 Å². The summed E-state index contributed by atoms with van der Waals surface area (Å²) in [5.41, 5.74) is 5.76. The van der Waals surface area contributed by atoms with Crippen LogP contribution in [0.15, 0.2) is 48.6 Å². The Kier molecular flexibility index (Phi) is 8.75. The summed E-state index contributed by atoms with van der Waals surface area (Å²) < 4.78 is 26.3. The fraction of sp³-hybridized carbons (Fsp3) is 0.238. The Hall–Kier alpha value is -3.46. The molecule has 0 fully saturated rings. The molecule has 2 amide bonds. The van der Waals surface area contributed by atoms with Gasteiger partial charge in [-0.15, -0.1) is 0 Å². The summed E-state index contributed by atoms with van der Waals surface area (Å²) in [5.74, 6) is 8.86. The Morgan fingerprint density at radius 1 is 1.28 bits per heavy atom. The molecule has 0 bridgehead atoms. The van der Waals surface area contributed by atoms with E-state index in [2.05, 4.69) is 35.6 Å². The summed E-state index contributed by atoms with van der Waals surface area (Å²) in [6, 6.07) is 4.01. The zero-order valence-electron chi connectivity index (χ0n) is 15.9. The summed E-state index contributed by atoms with van der Waals surface area (Å²) in [4.78, 5) is 24.0. The molecule has 2 atom stereocenters. The number of rotatable bonds is 6. The number of alkyl halides is 2. The number of nitrogens with one attached hydrogen (secondary N) is 2. The minimum absolute atomic E-state index is 0.0900. The summed E-state index contributed by atoms with van der Waals surface area (Å²) in [6.07, 6.45) is 0.228. The normalized spacial score (nSPS) is 13.7. The van der Waals surface area contributed by atoms with Gasteiger partial charge in [-0.1, -0.05) is 30.6 Å². The third-order valence-corrected chi connectivity index (χ3v) is 3.78. The zero-order valence-corrected chi connectivity index (χ0v) is 15.9. The molecule has 6 nitrogen and oxygen atoms in total. The third kappa shape index (κ3) is 6.89. The van der Waals surface area contributed by atoms with Gasteiger partial charge in [-0.05, 0) is 55.5 Å². The van der Waals surface area contributed by atoms with Crippen LogP contribution < -0.4 is 16.5 Å². The van der Waals surface area contributed by atoms with Gasteiger partial charge in [0.25, 0.3) is 18.2 Å². The summed E-state index contributed by atoms with van der Waals surface area (Å²) in [6.45, 7) is 6.27. The van der Waals surface area contributed by atoms with Crippen LogP contribution in [0.25, 0.3) is 0 Å². The number of allylic oxidation sites excluding steroid dienone is 3. The molecule has 0 saturated heterocycles. The highest BCUT2D eigenvalue weighted by atomic mass is 19.3. The molecular weight excluding hydrogens is 380 g/mol. The van der Waals surface area contributed by atoms with Gasteiger partial charge in [0.15, 0.2) is 0 Å². The molecule has 0 saturated carbocycles. The number of nitrogens with two attached hydrogens (primary N) is 1. The van der Waals surface area contributed by atoms with Crippen molar-refractivity contribution >= 4 is 11.8 Å². The first-order valence-corrected chi connectivity index (χ1v) is 8.36. The lowest BCUT2D eigenvalue weighted by molar-refractivity contribution is -0.134.